The molecule has 0 aromatic heterocycles. The fraction of sp³-hybridized carbons (Fsp3) is 0.154. The molecule has 0 saturated carbocycles. The van der Waals surface area contributed by atoms with Crippen LogP contribution in [0.3, 0.4) is 0 Å². The van der Waals surface area contributed by atoms with Crippen LogP contribution in [0.5, 0.6) is 0 Å². The summed E-state index contributed by atoms with van der Waals surface area (Å²) < 4.78 is 38.1. The maximum absolute atomic E-state index is 12.8. The van der Waals surface area contributed by atoms with Gasteiger partial charge in [-0.3, -0.25) is 9.59 Å². The summed E-state index contributed by atoms with van der Waals surface area (Å²) in [6.07, 6.45) is -1.26. The van der Waals surface area contributed by atoms with Gasteiger partial charge in [0.25, 0.3) is 0 Å². The van der Waals surface area contributed by atoms with E-state index in [1.807, 2.05) is 60.7 Å². The zero-order chi connectivity index (χ0) is 23.7. The summed E-state index contributed by atoms with van der Waals surface area (Å²) in [5.41, 5.74) is 1.27. The van der Waals surface area contributed by atoms with E-state index in [0.717, 1.165) is 23.3 Å². The second-order valence-electron chi connectivity index (χ2n) is 7.36. The van der Waals surface area contributed by atoms with Gasteiger partial charge in [-0.1, -0.05) is 60.7 Å². The Balaban J connectivity index is 1.63. The lowest BCUT2D eigenvalue weighted by Crippen LogP contribution is -2.32. The number of rotatable bonds is 8. The molecular formula is C26H23F3N2O2. The van der Waals surface area contributed by atoms with Gasteiger partial charge in [-0.2, -0.15) is 13.2 Å². The van der Waals surface area contributed by atoms with Crippen LogP contribution in [-0.2, 0) is 22.3 Å². The van der Waals surface area contributed by atoms with Crippen LogP contribution >= 0.6 is 0 Å². The normalized spacial score (nSPS) is 11.4. The highest BCUT2D eigenvalue weighted by molar-refractivity contribution is 5.93. The summed E-state index contributed by atoms with van der Waals surface area (Å²) in [6, 6.07) is 23.0. The first-order valence-corrected chi connectivity index (χ1v) is 10.3. The number of alkyl halides is 3. The Bertz CT molecular complexity index is 1080. The maximum atomic E-state index is 12.8. The summed E-state index contributed by atoms with van der Waals surface area (Å²) >= 11 is 0. The Kier molecular flexibility index (Phi) is 8.02. The summed E-state index contributed by atoms with van der Waals surface area (Å²) in [5.74, 6) is -0.641. The zero-order valence-electron chi connectivity index (χ0n) is 17.8. The largest absolute Gasteiger partial charge is 0.416 e. The molecule has 0 bridgehead atoms. The van der Waals surface area contributed by atoms with Crippen LogP contribution in [0.25, 0.3) is 6.08 Å². The number of hydrogen-bond donors (Lipinski definition) is 1. The molecule has 3 aromatic rings. The summed E-state index contributed by atoms with van der Waals surface area (Å²) in [7, 11) is 0. The van der Waals surface area contributed by atoms with E-state index in [1.165, 1.54) is 18.2 Å². The van der Waals surface area contributed by atoms with E-state index in [2.05, 4.69) is 5.32 Å². The first-order chi connectivity index (χ1) is 15.8. The molecule has 0 unspecified atom stereocenters. The number of benzene rings is 3. The second kappa shape index (κ2) is 11.1. The molecule has 0 aliphatic heterocycles. The van der Waals surface area contributed by atoms with Crippen LogP contribution in [0.15, 0.2) is 91.0 Å². The van der Waals surface area contributed by atoms with Gasteiger partial charge in [0.1, 0.15) is 0 Å². The van der Waals surface area contributed by atoms with Crippen molar-refractivity contribution in [3.05, 3.63) is 108 Å². The third-order valence-corrected chi connectivity index (χ3v) is 4.85. The number of nitrogens with zero attached hydrogens (tertiary/aromatic N) is 1. The predicted molar refractivity (Wildman–Crippen MR) is 122 cm³/mol. The van der Waals surface area contributed by atoms with E-state index < -0.39 is 17.6 Å². The van der Waals surface area contributed by atoms with Gasteiger partial charge < -0.3 is 10.2 Å². The molecule has 170 valence electrons. The Hall–Kier alpha value is -3.87. The van der Waals surface area contributed by atoms with E-state index >= 15 is 0 Å². The first kappa shape index (κ1) is 23.8. The molecule has 0 aliphatic carbocycles. The second-order valence-corrected chi connectivity index (χ2v) is 7.36. The van der Waals surface area contributed by atoms with Crippen molar-refractivity contribution in [2.75, 3.05) is 11.9 Å². The van der Waals surface area contributed by atoms with E-state index in [1.54, 1.807) is 11.0 Å². The topological polar surface area (TPSA) is 49.4 Å². The van der Waals surface area contributed by atoms with Gasteiger partial charge in [0, 0.05) is 31.3 Å². The first-order valence-electron chi connectivity index (χ1n) is 10.3. The zero-order valence-corrected chi connectivity index (χ0v) is 17.8. The highest BCUT2D eigenvalue weighted by atomic mass is 19.4. The number of hydrogen-bond acceptors (Lipinski definition) is 2. The molecule has 0 aliphatic rings. The van der Waals surface area contributed by atoms with Crippen molar-refractivity contribution in [1.29, 1.82) is 0 Å². The summed E-state index contributed by atoms with van der Waals surface area (Å²) in [4.78, 5) is 26.7. The van der Waals surface area contributed by atoms with Gasteiger partial charge in [0.15, 0.2) is 0 Å². The highest BCUT2D eigenvalue weighted by Crippen LogP contribution is 2.29. The predicted octanol–water partition coefficient (Wildman–Crippen LogP) is 5.78. The molecule has 3 rings (SSSR count). The molecule has 2 amide bonds. The lowest BCUT2D eigenvalue weighted by molar-refractivity contribution is -0.137. The minimum Gasteiger partial charge on any atom is -0.334 e. The van der Waals surface area contributed by atoms with Crippen molar-refractivity contribution in [3.8, 4) is 0 Å². The lowest BCUT2D eigenvalue weighted by Gasteiger charge is -2.21. The molecular weight excluding hydrogens is 429 g/mol. The smallest absolute Gasteiger partial charge is 0.334 e. The molecule has 0 fully saturated rings. The Morgan fingerprint density at radius 2 is 1.45 bits per heavy atom. The number of amides is 2. The summed E-state index contributed by atoms with van der Waals surface area (Å²) in [5, 5.41) is 2.57. The van der Waals surface area contributed by atoms with Crippen molar-refractivity contribution >= 4 is 23.6 Å². The standard InChI is InChI=1S/C26H23F3N2O2/c27-26(28,29)22-12-14-23(15-13-22)30-24(32)17-18-31(19-21-9-5-2-6-10-21)25(33)16-11-20-7-3-1-4-8-20/h1-16H,17-19H2,(H,30,32)/b16-11+. The van der Waals surface area contributed by atoms with Crippen molar-refractivity contribution in [3.63, 3.8) is 0 Å². The molecule has 3 aromatic carbocycles. The molecule has 0 radical (unpaired) electrons. The van der Waals surface area contributed by atoms with E-state index in [0.29, 0.717) is 6.54 Å². The molecule has 0 saturated heterocycles. The van der Waals surface area contributed by atoms with Gasteiger partial charge in [-0.25, -0.2) is 0 Å². The molecule has 1 N–H and O–H groups in total. The minimum atomic E-state index is -4.44. The van der Waals surface area contributed by atoms with E-state index in [4.69, 9.17) is 0 Å². The van der Waals surface area contributed by atoms with Crippen molar-refractivity contribution in [2.45, 2.75) is 19.1 Å². The van der Waals surface area contributed by atoms with Gasteiger partial charge in [-0.05, 0) is 41.5 Å². The van der Waals surface area contributed by atoms with Crippen molar-refractivity contribution in [1.82, 2.24) is 4.90 Å². The van der Waals surface area contributed by atoms with Crippen LogP contribution in [-0.4, -0.2) is 23.3 Å². The SMILES string of the molecule is O=C(CCN(Cc1ccccc1)C(=O)/C=C/c1ccccc1)Nc1ccc(C(F)(F)F)cc1. The number of carbonyl (C=O) groups is 2. The molecule has 33 heavy (non-hydrogen) atoms. The van der Waals surface area contributed by atoms with Crippen LogP contribution in [0.1, 0.15) is 23.1 Å². The summed E-state index contributed by atoms with van der Waals surface area (Å²) in [6.45, 7) is 0.478. The van der Waals surface area contributed by atoms with Gasteiger partial charge >= 0.3 is 6.18 Å². The fourth-order valence-electron chi connectivity index (χ4n) is 3.11. The van der Waals surface area contributed by atoms with E-state index in [9.17, 15) is 22.8 Å². The van der Waals surface area contributed by atoms with Crippen molar-refractivity contribution < 1.29 is 22.8 Å². The third-order valence-electron chi connectivity index (χ3n) is 4.85. The van der Waals surface area contributed by atoms with Gasteiger partial charge in [0.05, 0.1) is 5.56 Å². The third kappa shape index (κ3) is 7.64. The number of anilines is 1. The average molecular weight is 452 g/mol. The number of halogens is 3. The number of carbonyl (C=O) groups excluding carboxylic acids is 2. The molecule has 0 spiro atoms. The van der Waals surface area contributed by atoms with Gasteiger partial charge in [-0.15, -0.1) is 0 Å². The molecule has 7 heteroatoms. The Morgan fingerprint density at radius 3 is 2.06 bits per heavy atom. The maximum Gasteiger partial charge on any atom is 0.416 e. The number of nitrogens with one attached hydrogen (secondary N) is 1. The molecule has 4 nitrogen and oxygen atoms in total. The van der Waals surface area contributed by atoms with E-state index in [-0.39, 0.29) is 24.6 Å². The monoisotopic (exact) mass is 452 g/mol. The quantitative estimate of drug-likeness (QED) is 0.441. The fourth-order valence-corrected chi connectivity index (χ4v) is 3.11. The highest BCUT2D eigenvalue weighted by Gasteiger charge is 2.30. The Morgan fingerprint density at radius 1 is 0.848 bits per heavy atom. The van der Waals surface area contributed by atoms with Crippen LogP contribution in [0, 0.1) is 0 Å². The van der Waals surface area contributed by atoms with Crippen LogP contribution in [0.2, 0.25) is 0 Å². The van der Waals surface area contributed by atoms with Crippen LogP contribution < -0.4 is 5.32 Å². The molecule has 0 heterocycles. The average Bonchev–Trinajstić information content (AvgIpc) is 2.81. The molecule has 0 atom stereocenters. The Labute approximate surface area is 190 Å². The lowest BCUT2D eigenvalue weighted by atomic mass is 10.2. The van der Waals surface area contributed by atoms with Gasteiger partial charge in [0.2, 0.25) is 11.8 Å². The van der Waals surface area contributed by atoms with Crippen molar-refractivity contribution in [2.24, 2.45) is 0 Å². The minimum absolute atomic E-state index is 0.00122. The van der Waals surface area contributed by atoms with Crippen LogP contribution in [0.4, 0.5) is 18.9 Å².